The summed E-state index contributed by atoms with van der Waals surface area (Å²) in [5.41, 5.74) is 3.36. The largest absolute Gasteiger partial charge is 0.346 e. The average Bonchev–Trinajstić information content (AvgIpc) is 2.72. The normalized spacial score (nSPS) is 13.9. The minimum atomic E-state index is -0.822. The number of allylic oxidation sites excluding steroid dienone is 4. The first-order chi connectivity index (χ1) is 14.8. The van der Waals surface area contributed by atoms with Gasteiger partial charge in [-0.05, 0) is 78.1 Å². The molecule has 0 amide bonds. The van der Waals surface area contributed by atoms with Gasteiger partial charge in [0.05, 0.1) is 13.2 Å². The number of carbonyl (C=O) groups is 1. The Bertz CT molecular complexity index is 633. The topological polar surface area (TPSA) is 35.5 Å². The van der Waals surface area contributed by atoms with Crippen LogP contribution in [-0.2, 0) is 9.47 Å². The molecule has 3 heteroatoms. The van der Waals surface area contributed by atoms with E-state index in [1.165, 1.54) is 11.1 Å². The van der Waals surface area contributed by atoms with Crippen LogP contribution in [0, 0.1) is 11.8 Å². The molecular weight excluding hydrogens is 384 g/mol. The van der Waals surface area contributed by atoms with Crippen LogP contribution >= 0.6 is 0 Å². The van der Waals surface area contributed by atoms with Gasteiger partial charge in [0.15, 0.2) is 0 Å². The van der Waals surface area contributed by atoms with E-state index < -0.39 is 6.29 Å². The van der Waals surface area contributed by atoms with Crippen LogP contribution in [0.1, 0.15) is 90.4 Å². The van der Waals surface area contributed by atoms with Crippen LogP contribution in [0.2, 0.25) is 0 Å². The molecule has 1 aromatic rings. The van der Waals surface area contributed by atoms with Crippen LogP contribution in [0.15, 0.2) is 53.6 Å². The van der Waals surface area contributed by atoms with Gasteiger partial charge in [0.1, 0.15) is 0 Å². The Morgan fingerprint density at radius 3 is 1.65 bits per heavy atom. The second-order valence-electron chi connectivity index (χ2n) is 9.31. The fraction of sp³-hybridized carbons (Fsp3) is 0.607. The van der Waals surface area contributed by atoms with Crippen molar-refractivity contribution in [1.82, 2.24) is 0 Å². The summed E-state index contributed by atoms with van der Waals surface area (Å²) in [7, 11) is 0. The summed E-state index contributed by atoms with van der Waals surface area (Å²) < 4.78 is 11.9. The number of rotatable bonds is 16. The van der Waals surface area contributed by atoms with Crippen molar-refractivity contribution in [3.05, 3.63) is 59.2 Å². The zero-order chi connectivity index (χ0) is 23.1. The Morgan fingerprint density at radius 1 is 0.774 bits per heavy atom. The first-order valence-electron chi connectivity index (χ1n) is 11.9. The van der Waals surface area contributed by atoms with E-state index in [9.17, 15) is 4.79 Å². The number of hydrogen-bond donors (Lipinski definition) is 0. The van der Waals surface area contributed by atoms with E-state index in [1.54, 1.807) is 0 Å². The Labute approximate surface area is 190 Å². The highest BCUT2D eigenvalue weighted by atomic mass is 16.7. The van der Waals surface area contributed by atoms with Crippen LogP contribution in [0.5, 0.6) is 0 Å². The van der Waals surface area contributed by atoms with Crippen molar-refractivity contribution in [3.63, 3.8) is 0 Å². The lowest BCUT2D eigenvalue weighted by molar-refractivity contribution is -0.118. The van der Waals surface area contributed by atoms with Crippen LogP contribution in [0.25, 0.3) is 0 Å². The predicted molar refractivity (Wildman–Crippen MR) is 131 cm³/mol. The Morgan fingerprint density at radius 2 is 1.23 bits per heavy atom. The maximum atomic E-state index is 12.9. The van der Waals surface area contributed by atoms with Gasteiger partial charge in [-0.3, -0.25) is 4.79 Å². The molecule has 1 aromatic carbocycles. The summed E-state index contributed by atoms with van der Waals surface area (Å²) in [6.07, 6.45) is 10.1. The molecular formula is C28H44O3. The Hall–Kier alpha value is -1.71. The molecule has 0 radical (unpaired) electrons. The summed E-state index contributed by atoms with van der Waals surface area (Å²) >= 11 is 0. The molecule has 0 fully saturated rings. The fourth-order valence-electron chi connectivity index (χ4n) is 3.29. The number of ketones is 1. The lowest BCUT2D eigenvalue weighted by atomic mass is 10.0. The summed E-state index contributed by atoms with van der Waals surface area (Å²) in [6, 6.07) is 9.32. The molecule has 3 nitrogen and oxygen atoms in total. The molecule has 0 N–H and O–H groups in total. The molecule has 0 aliphatic carbocycles. The first-order valence-corrected chi connectivity index (χ1v) is 11.9. The molecule has 0 spiro atoms. The maximum absolute atomic E-state index is 12.9. The third-order valence-electron chi connectivity index (χ3n) is 5.46. The predicted octanol–water partition coefficient (Wildman–Crippen LogP) is 7.77. The van der Waals surface area contributed by atoms with Crippen molar-refractivity contribution >= 4 is 5.78 Å². The lowest BCUT2D eigenvalue weighted by Gasteiger charge is -2.20. The van der Waals surface area contributed by atoms with Gasteiger partial charge in [-0.1, -0.05) is 67.5 Å². The molecule has 0 aliphatic rings. The zero-order valence-corrected chi connectivity index (χ0v) is 20.7. The van der Waals surface area contributed by atoms with Crippen molar-refractivity contribution in [1.29, 1.82) is 0 Å². The molecule has 2 atom stereocenters. The van der Waals surface area contributed by atoms with Gasteiger partial charge in [-0.25, -0.2) is 0 Å². The Kier molecular flexibility index (Phi) is 14.1. The van der Waals surface area contributed by atoms with E-state index in [0.29, 0.717) is 30.6 Å². The van der Waals surface area contributed by atoms with Gasteiger partial charge >= 0.3 is 0 Å². The third kappa shape index (κ3) is 13.3. The second-order valence-corrected chi connectivity index (χ2v) is 9.31. The maximum Gasteiger partial charge on any atom is 0.222 e. The lowest BCUT2D eigenvalue weighted by Crippen LogP contribution is -2.29. The molecule has 1 rings (SSSR count). The molecule has 31 heavy (non-hydrogen) atoms. The van der Waals surface area contributed by atoms with Gasteiger partial charge in [-0.15, -0.1) is 0 Å². The molecule has 2 unspecified atom stereocenters. The molecule has 0 saturated heterocycles. The van der Waals surface area contributed by atoms with E-state index in [1.807, 2.05) is 30.3 Å². The van der Waals surface area contributed by atoms with E-state index in [0.717, 1.165) is 38.5 Å². The molecule has 0 saturated carbocycles. The first kappa shape index (κ1) is 27.3. The number of carbonyl (C=O) groups excluding carboxylic acids is 1. The van der Waals surface area contributed by atoms with Gasteiger partial charge in [0.25, 0.3) is 0 Å². The minimum absolute atomic E-state index is 0.0880. The van der Waals surface area contributed by atoms with E-state index in [4.69, 9.17) is 9.47 Å². The van der Waals surface area contributed by atoms with E-state index >= 15 is 0 Å². The number of ether oxygens (including phenoxy) is 2. The summed E-state index contributed by atoms with van der Waals surface area (Å²) in [6.45, 7) is 14.1. The van der Waals surface area contributed by atoms with Crippen LogP contribution < -0.4 is 0 Å². The van der Waals surface area contributed by atoms with Crippen LogP contribution in [-0.4, -0.2) is 25.3 Å². The van der Waals surface area contributed by atoms with Gasteiger partial charge in [0.2, 0.25) is 12.1 Å². The second kappa shape index (κ2) is 16.0. The van der Waals surface area contributed by atoms with Crippen molar-refractivity contribution in [2.24, 2.45) is 11.8 Å². The summed E-state index contributed by atoms with van der Waals surface area (Å²) in [4.78, 5) is 12.9. The number of Topliss-reactive ketones (excluding diaryl/α,β-unsaturated/α-hetero) is 1. The highest BCUT2D eigenvalue weighted by Crippen LogP contribution is 2.16. The average molecular weight is 429 g/mol. The fourth-order valence-corrected chi connectivity index (χ4v) is 3.29. The highest BCUT2D eigenvalue weighted by Gasteiger charge is 2.22. The Balaban J connectivity index is 2.53. The quantitative estimate of drug-likeness (QED) is 0.153. The smallest absolute Gasteiger partial charge is 0.222 e. The highest BCUT2D eigenvalue weighted by molar-refractivity contribution is 5.98. The van der Waals surface area contributed by atoms with Gasteiger partial charge < -0.3 is 9.47 Å². The van der Waals surface area contributed by atoms with Crippen LogP contribution in [0.3, 0.4) is 0 Å². The van der Waals surface area contributed by atoms with Crippen molar-refractivity contribution in [2.75, 3.05) is 13.2 Å². The summed E-state index contributed by atoms with van der Waals surface area (Å²) in [5, 5.41) is 0. The van der Waals surface area contributed by atoms with Crippen LogP contribution in [0.4, 0.5) is 0 Å². The van der Waals surface area contributed by atoms with Gasteiger partial charge in [0, 0.05) is 5.56 Å². The third-order valence-corrected chi connectivity index (χ3v) is 5.46. The molecule has 0 aliphatic heterocycles. The SMILES string of the molecule is CC(C)=CCCC(C)CCOC(OCCC(C)CCC=C(C)C)C(=O)c1ccccc1. The van der Waals surface area contributed by atoms with Gasteiger partial charge in [-0.2, -0.15) is 0 Å². The number of hydrogen-bond acceptors (Lipinski definition) is 3. The molecule has 0 heterocycles. The van der Waals surface area contributed by atoms with Crippen molar-refractivity contribution in [3.8, 4) is 0 Å². The van der Waals surface area contributed by atoms with E-state index in [2.05, 4.69) is 53.7 Å². The standard InChI is InChI=1S/C28H44O3/c1-22(2)12-10-14-24(5)18-20-30-28(27(29)26-16-8-7-9-17-26)31-21-19-25(6)15-11-13-23(3)4/h7-9,12-13,16-17,24-25,28H,10-11,14-15,18-21H2,1-6H3. The monoisotopic (exact) mass is 428 g/mol. The molecule has 0 bridgehead atoms. The van der Waals surface area contributed by atoms with Crippen molar-refractivity contribution in [2.45, 2.75) is 86.4 Å². The van der Waals surface area contributed by atoms with Crippen molar-refractivity contribution < 1.29 is 14.3 Å². The number of benzene rings is 1. The molecule has 174 valence electrons. The zero-order valence-electron chi connectivity index (χ0n) is 20.7. The molecule has 0 aromatic heterocycles. The summed E-state index contributed by atoms with van der Waals surface area (Å²) in [5.74, 6) is 1.02. The minimum Gasteiger partial charge on any atom is -0.346 e. The van der Waals surface area contributed by atoms with E-state index in [-0.39, 0.29) is 5.78 Å².